The van der Waals surface area contributed by atoms with Crippen LogP contribution in [0, 0.1) is 5.92 Å². The molecule has 0 aromatic heterocycles. The highest BCUT2D eigenvalue weighted by atomic mass is 79.9. The second kappa shape index (κ2) is 4.49. The number of nitrogens with zero attached hydrogens (tertiary/aromatic N) is 1. The monoisotopic (exact) mass is 356 g/mol. The standard InChI is InChI=1S/C14H17BrN2O2S/c1-7-11-9-5-8(18-4)6-10(15)12(9)19-14(7,2)17(3)13(20)16-11/h5-7,11H,1-4H3,(H,16,20). The minimum atomic E-state index is -0.447. The number of ether oxygens (including phenoxy) is 2. The highest BCUT2D eigenvalue weighted by Gasteiger charge is 2.52. The SMILES string of the molecule is COc1cc(Br)c2c(c1)C1NC(=S)N(C)C(C)(O2)C1C. The average Bonchev–Trinajstić information content (AvgIpc) is 2.42. The van der Waals surface area contributed by atoms with Gasteiger partial charge in [0, 0.05) is 18.5 Å². The van der Waals surface area contributed by atoms with E-state index in [0.29, 0.717) is 5.11 Å². The second-order valence-corrected chi connectivity index (χ2v) is 6.70. The van der Waals surface area contributed by atoms with Gasteiger partial charge >= 0.3 is 0 Å². The van der Waals surface area contributed by atoms with E-state index in [1.165, 1.54) is 0 Å². The molecule has 3 atom stereocenters. The number of nitrogens with one attached hydrogen (secondary N) is 1. The Morgan fingerprint density at radius 3 is 2.85 bits per heavy atom. The van der Waals surface area contributed by atoms with E-state index in [9.17, 15) is 0 Å². The third-order valence-corrected chi connectivity index (χ3v) is 5.50. The van der Waals surface area contributed by atoms with Gasteiger partial charge in [-0.3, -0.25) is 0 Å². The number of hydrogen-bond donors (Lipinski definition) is 1. The van der Waals surface area contributed by atoms with Crippen molar-refractivity contribution in [3.8, 4) is 11.5 Å². The first-order chi connectivity index (χ1) is 9.38. The van der Waals surface area contributed by atoms with E-state index >= 15 is 0 Å². The molecule has 0 spiro atoms. The minimum absolute atomic E-state index is 0.124. The number of benzene rings is 1. The smallest absolute Gasteiger partial charge is 0.186 e. The maximum absolute atomic E-state index is 6.31. The lowest BCUT2D eigenvalue weighted by Gasteiger charge is -2.55. The van der Waals surface area contributed by atoms with Gasteiger partial charge in [-0.15, -0.1) is 0 Å². The molecule has 3 unspecified atom stereocenters. The molecule has 1 N–H and O–H groups in total. The van der Waals surface area contributed by atoms with E-state index in [2.05, 4.69) is 35.1 Å². The summed E-state index contributed by atoms with van der Waals surface area (Å²) in [5.74, 6) is 1.92. The first kappa shape index (κ1) is 13.9. The predicted octanol–water partition coefficient (Wildman–Crippen LogP) is 3.06. The number of thiocarbonyl (C=S) groups is 1. The van der Waals surface area contributed by atoms with E-state index in [4.69, 9.17) is 21.7 Å². The summed E-state index contributed by atoms with van der Waals surface area (Å²) in [6.07, 6.45) is 0. The van der Waals surface area contributed by atoms with Crippen molar-refractivity contribution < 1.29 is 9.47 Å². The Hall–Kier alpha value is -1.01. The van der Waals surface area contributed by atoms with Crippen molar-refractivity contribution in [1.29, 1.82) is 0 Å². The molecule has 3 rings (SSSR count). The molecule has 1 fully saturated rings. The average molecular weight is 357 g/mol. The van der Waals surface area contributed by atoms with E-state index in [0.717, 1.165) is 21.5 Å². The Morgan fingerprint density at radius 1 is 1.50 bits per heavy atom. The van der Waals surface area contributed by atoms with Crippen LogP contribution < -0.4 is 14.8 Å². The number of rotatable bonds is 1. The molecule has 1 aromatic carbocycles. The molecule has 0 saturated carbocycles. The zero-order chi connectivity index (χ0) is 14.7. The normalized spacial score (nSPS) is 31.2. The summed E-state index contributed by atoms with van der Waals surface area (Å²) in [6, 6.07) is 4.06. The molecule has 2 aliphatic rings. The number of hydrogen-bond acceptors (Lipinski definition) is 3. The summed E-state index contributed by atoms with van der Waals surface area (Å²) in [7, 11) is 3.63. The zero-order valence-corrected chi connectivity index (χ0v) is 14.3. The highest BCUT2D eigenvalue weighted by molar-refractivity contribution is 9.10. The van der Waals surface area contributed by atoms with Gasteiger partial charge in [0.1, 0.15) is 11.5 Å². The highest BCUT2D eigenvalue weighted by Crippen LogP contribution is 2.50. The van der Waals surface area contributed by atoms with E-state index < -0.39 is 5.72 Å². The van der Waals surface area contributed by atoms with Gasteiger partial charge in [-0.2, -0.15) is 0 Å². The lowest BCUT2D eigenvalue weighted by Crippen LogP contribution is -2.67. The fourth-order valence-electron chi connectivity index (χ4n) is 2.93. The van der Waals surface area contributed by atoms with Crippen molar-refractivity contribution in [3.63, 3.8) is 0 Å². The first-order valence-corrected chi connectivity index (χ1v) is 7.69. The zero-order valence-electron chi connectivity index (χ0n) is 11.9. The Morgan fingerprint density at radius 2 is 2.20 bits per heavy atom. The van der Waals surface area contributed by atoms with Gasteiger partial charge in [-0.25, -0.2) is 0 Å². The minimum Gasteiger partial charge on any atom is -0.497 e. The van der Waals surface area contributed by atoms with Gasteiger partial charge in [-0.05, 0) is 47.2 Å². The summed E-state index contributed by atoms with van der Waals surface area (Å²) in [4.78, 5) is 1.99. The van der Waals surface area contributed by atoms with Crippen molar-refractivity contribution in [3.05, 3.63) is 22.2 Å². The maximum Gasteiger partial charge on any atom is 0.186 e. The quantitative estimate of drug-likeness (QED) is 0.782. The first-order valence-electron chi connectivity index (χ1n) is 6.49. The number of methoxy groups -OCH3 is 1. The summed E-state index contributed by atoms with van der Waals surface area (Å²) in [5, 5.41) is 4.12. The van der Waals surface area contributed by atoms with Gasteiger partial charge in [0.25, 0.3) is 0 Å². The molecule has 2 bridgehead atoms. The van der Waals surface area contributed by atoms with E-state index in [1.807, 2.05) is 24.1 Å². The number of fused-ring (bicyclic) bond motifs is 4. The van der Waals surface area contributed by atoms with Gasteiger partial charge in [0.15, 0.2) is 10.8 Å². The summed E-state index contributed by atoms with van der Waals surface area (Å²) >= 11 is 9.00. The molecule has 108 valence electrons. The molecule has 0 amide bonds. The molecule has 1 aromatic rings. The Labute approximate surface area is 132 Å². The van der Waals surface area contributed by atoms with Crippen LogP contribution in [0.5, 0.6) is 11.5 Å². The molecular formula is C14H17BrN2O2S. The molecular weight excluding hydrogens is 340 g/mol. The van der Waals surface area contributed by atoms with Crippen LogP contribution in [0.2, 0.25) is 0 Å². The second-order valence-electron chi connectivity index (χ2n) is 5.46. The molecule has 4 nitrogen and oxygen atoms in total. The molecule has 2 heterocycles. The van der Waals surface area contributed by atoms with E-state index in [-0.39, 0.29) is 12.0 Å². The van der Waals surface area contributed by atoms with E-state index in [1.54, 1.807) is 7.11 Å². The lowest BCUT2D eigenvalue weighted by molar-refractivity contribution is -0.100. The van der Waals surface area contributed by atoms with Crippen LogP contribution in [-0.4, -0.2) is 29.9 Å². The Balaban J connectivity index is 2.19. The van der Waals surface area contributed by atoms with Crippen LogP contribution in [0.15, 0.2) is 16.6 Å². The van der Waals surface area contributed by atoms with Crippen LogP contribution >= 0.6 is 28.1 Å². The van der Waals surface area contributed by atoms with Crippen molar-refractivity contribution in [2.45, 2.75) is 25.6 Å². The van der Waals surface area contributed by atoms with Gasteiger partial charge < -0.3 is 19.7 Å². The van der Waals surface area contributed by atoms with Crippen LogP contribution in [-0.2, 0) is 0 Å². The molecule has 20 heavy (non-hydrogen) atoms. The molecule has 2 aliphatic heterocycles. The Bertz CT molecular complexity index is 595. The van der Waals surface area contributed by atoms with Crippen LogP contribution in [0.4, 0.5) is 0 Å². The third-order valence-electron chi connectivity index (χ3n) is 4.52. The summed E-state index contributed by atoms with van der Waals surface area (Å²) < 4.78 is 12.6. The van der Waals surface area contributed by atoms with Gasteiger partial charge in [0.05, 0.1) is 17.6 Å². The van der Waals surface area contributed by atoms with Crippen molar-refractivity contribution in [1.82, 2.24) is 10.2 Å². The number of halogens is 1. The van der Waals surface area contributed by atoms with Crippen LogP contribution in [0.25, 0.3) is 0 Å². The fraction of sp³-hybridized carbons (Fsp3) is 0.500. The van der Waals surface area contributed by atoms with Crippen LogP contribution in [0.3, 0.4) is 0 Å². The predicted molar refractivity (Wildman–Crippen MR) is 85.1 cm³/mol. The van der Waals surface area contributed by atoms with Crippen molar-refractivity contribution in [2.24, 2.45) is 5.92 Å². The molecule has 1 saturated heterocycles. The topological polar surface area (TPSA) is 33.7 Å². The Kier molecular flexibility index (Phi) is 3.14. The lowest BCUT2D eigenvalue weighted by atomic mass is 9.81. The van der Waals surface area contributed by atoms with Crippen molar-refractivity contribution in [2.75, 3.05) is 14.2 Å². The van der Waals surface area contributed by atoms with Crippen LogP contribution in [0.1, 0.15) is 25.5 Å². The molecule has 0 aliphatic carbocycles. The third kappa shape index (κ3) is 1.74. The van der Waals surface area contributed by atoms with Crippen molar-refractivity contribution >= 4 is 33.3 Å². The van der Waals surface area contributed by atoms with Gasteiger partial charge in [0.2, 0.25) is 0 Å². The molecule has 6 heteroatoms. The molecule has 0 radical (unpaired) electrons. The maximum atomic E-state index is 6.31. The summed E-state index contributed by atoms with van der Waals surface area (Å²) in [5.41, 5.74) is 0.633. The fourth-order valence-corrected chi connectivity index (χ4v) is 3.78. The largest absolute Gasteiger partial charge is 0.497 e. The van der Waals surface area contributed by atoms with Gasteiger partial charge in [-0.1, -0.05) is 6.92 Å². The summed E-state index contributed by atoms with van der Waals surface area (Å²) in [6.45, 7) is 4.25.